The molecular weight excluding hydrogens is 154 g/mol. The van der Waals surface area contributed by atoms with E-state index in [1.54, 1.807) is 17.4 Å². The summed E-state index contributed by atoms with van der Waals surface area (Å²) < 4.78 is 0. The van der Waals surface area contributed by atoms with Crippen molar-refractivity contribution in [2.24, 2.45) is 20.1 Å². The fraction of sp³-hybridized carbons (Fsp3) is 0.143. The third kappa shape index (κ3) is 0.578. The van der Waals surface area contributed by atoms with Gasteiger partial charge in [-0.15, -0.1) is 0 Å². The molecule has 0 N–H and O–H groups in total. The van der Waals surface area contributed by atoms with Crippen molar-refractivity contribution in [1.29, 1.82) is 0 Å². The summed E-state index contributed by atoms with van der Waals surface area (Å²) in [6.07, 6.45) is 6.75. The maximum absolute atomic E-state index is 4.13. The molecule has 0 radical (unpaired) electrons. The summed E-state index contributed by atoms with van der Waals surface area (Å²) in [6.45, 7) is 0. The smallest absolute Gasteiger partial charge is 0.160 e. The van der Waals surface area contributed by atoms with Crippen LogP contribution in [0.1, 0.15) is 0 Å². The van der Waals surface area contributed by atoms with E-state index in [4.69, 9.17) is 0 Å². The molecule has 5 heteroatoms. The first-order chi connectivity index (χ1) is 5.95. The minimum Gasteiger partial charge on any atom is -0.254 e. The van der Waals surface area contributed by atoms with Crippen LogP contribution in [-0.4, -0.2) is 35.2 Å². The van der Waals surface area contributed by atoms with Crippen LogP contribution in [0, 0.1) is 0 Å². The minimum atomic E-state index is 0.0278. The number of rotatable bonds is 0. The van der Waals surface area contributed by atoms with Crippen molar-refractivity contribution < 1.29 is 0 Å². The molecule has 0 aliphatic carbocycles. The van der Waals surface area contributed by atoms with Crippen molar-refractivity contribution in [1.82, 2.24) is 5.01 Å². The van der Waals surface area contributed by atoms with Crippen molar-refractivity contribution in [2.45, 2.75) is 6.04 Å². The second-order valence-electron chi connectivity index (χ2n) is 2.61. The number of amidine groups is 1. The van der Waals surface area contributed by atoms with Crippen LogP contribution in [0.3, 0.4) is 0 Å². The minimum absolute atomic E-state index is 0.0278. The van der Waals surface area contributed by atoms with E-state index >= 15 is 0 Å². The van der Waals surface area contributed by atoms with Crippen LogP contribution in [0.15, 0.2) is 32.5 Å². The number of hydrogen-bond acceptors (Lipinski definition) is 5. The fourth-order valence-corrected chi connectivity index (χ4v) is 1.38. The summed E-state index contributed by atoms with van der Waals surface area (Å²) in [5.74, 6) is 0.764. The Kier molecular flexibility index (Phi) is 0.910. The van der Waals surface area contributed by atoms with Gasteiger partial charge < -0.3 is 0 Å². The number of nitrogens with zero attached hydrogens (tertiary/aromatic N) is 5. The molecular formula is C7H5N5. The molecule has 3 rings (SSSR count). The molecule has 12 heavy (non-hydrogen) atoms. The lowest BCUT2D eigenvalue weighted by atomic mass is 10.1. The first-order valence-electron chi connectivity index (χ1n) is 3.62. The number of hydrogen-bond donors (Lipinski definition) is 0. The third-order valence-corrected chi connectivity index (χ3v) is 1.94. The monoisotopic (exact) mass is 159 g/mol. The van der Waals surface area contributed by atoms with Crippen molar-refractivity contribution in [3.63, 3.8) is 0 Å². The molecule has 0 spiro atoms. The predicted molar refractivity (Wildman–Crippen MR) is 46.6 cm³/mol. The molecule has 0 aromatic carbocycles. The number of hydrazone groups is 1. The number of aliphatic imine (C=N–C) groups is 3. The first-order valence-corrected chi connectivity index (χ1v) is 3.62. The van der Waals surface area contributed by atoms with E-state index in [2.05, 4.69) is 20.1 Å². The van der Waals surface area contributed by atoms with Gasteiger partial charge in [0.1, 0.15) is 6.34 Å². The second-order valence-corrected chi connectivity index (χ2v) is 2.61. The van der Waals surface area contributed by atoms with Gasteiger partial charge in [-0.1, -0.05) is 0 Å². The van der Waals surface area contributed by atoms with Gasteiger partial charge in [0.05, 0.1) is 11.9 Å². The Balaban J connectivity index is 2.20. The quantitative estimate of drug-likeness (QED) is 0.491. The van der Waals surface area contributed by atoms with E-state index in [0.717, 1.165) is 11.5 Å². The van der Waals surface area contributed by atoms with Crippen LogP contribution < -0.4 is 0 Å². The average Bonchev–Trinajstić information content (AvgIpc) is 2.52. The SMILES string of the molecule is C1=CN2N=CC3=NC=NC(=N1)C32. The Labute approximate surface area is 68.5 Å². The van der Waals surface area contributed by atoms with Crippen molar-refractivity contribution in [3.05, 3.63) is 12.4 Å². The molecule has 1 unspecified atom stereocenters. The fourth-order valence-electron chi connectivity index (χ4n) is 1.38. The standard InChI is InChI=1S/C7H5N5/c1-2-12-6-5(3-11-12)9-4-10-7(6)8-1/h1-4,6H. The van der Waals surface area contributed by atoms with Gasteiger partial charge in [0.25, 0.3) is 0 Å². The van der Waals surface area contributed by atoms with Gasteiger partial charge in [-0.3, -0.25) is 5.01 Å². The normalized spacial score (nSPS) is 28.7. The van der Waals surface area contributed by atoms with Crippen LogP contribution in [0.25, 0.3) is 0 Å². The predicted octanol–water partition coefficient (Wildman–Crippen LogP) is 0.0226. The van der Waals surface area contributed by atoms with Crippen molar-refractivity contribution in [3.8, 4) is 0 Å². The van der Waals surface area contributed by atoms with Gasteiger partial charge in [-0.2, -0.15) is 5.10 Å². The molecule has 1 atom stereocenters. The van der Waals surface area contributed by atoms with Gasteiger partial charge in [0.2, 0.25) is 0 Å². The van der Waals surface area contributed by atoms with E-state index in [0.29, 0.717) is 0 Å². The lowest BCUT2D eigenvalue weighted by molar-refractivity contribution is 0.422. The highest BCUT2D eigenvalue weighted by Gasteiger charge is 2.33. The molecule has 3 aliphatic heterocycles. The van der Waals surface area contributed by atoms with Gasteiger partial charge in [-0.05, 0) is 0 Å². The van der Waals surface area contributed by atoms with Crippen LogP contribution in [0.5, 0.6) is 0 Å². The average molecular weight is 159 g/mol. The molecule has 3 heterocycles. The maximum atomic E-state index is 4.13. The van der Waals surface area contributed by atoms with E-state index in [9.17, 15) is 0 Å². The highest BCUT2D eigenvalue weighted by Crippen LogP contribution is 2.18. The Morgan fingerprint density at radius 1 is 1.33 bits per heavy atom. The van der Waals surface area contributed by atoms with Gasteiger partial charge in [-0.25, -0.2) is 15.0 Å². The van der Waals surface area contributed by atoms with Gasteiger partial charge >= 0.3 is 0 Å². The zero-order valence-corrected chi connectivity index (χ0v) is 6.12. The Morgan fingerprint density at radius 3 is 3.33 bits per heavy atom. The molecule has 0 bridgehead atoms. The molecule has 0 saturated carbocycles. The summed E-state index contributed by atoms with van der Waals surface area (Å²) in [5, 5.41) is 5.93. The highest BCUT2D eigenvalue weighted by atomic mass is 15.5. The van der Waals surface area contributed by atoms with E-state index in [-0.39, 0.29) is 6.04 Å². The molecule has 0 aromatic rings. The van der Waals surface area contributed by atoms with Gasteiger partial charge in [0, 0.05) is 12.4 Å². The Bertz CT molecular complexity index is 371. The molecule has 58 valence electrons. The summed E-state index contributed by atoms with van der Waals surface area (Å²) >= 11 is 0. The summed E-state index contributed by atoms with van der Waals surface area (Å²) in [4.78, 5) is 12.3. The zero-order chi connectivity index (χ0) is 7.97. The topological polar surface area (TPSA) is 52.7 Å². The maximum Gasteiger partial charge on any atom is 0.160 e. The molecule has 0 amide bonds. The second kappa shape index (κ2) is 1.88. The molecule has 3 aliphatic rings. The van der Waals surface area contributed by atoms with E-state index in [1.165, 1.54) is 6.34 Å². The summed E-state index contributed by atoms with van der Waals surface area (Å²) in [6, 6.07) is 0.0278. The Hall–Kier alpha value is -1.78. The summed E-state index contributed by atoms with van der Waals surface area (Å²) in [5.41, 5.74) is 0.910. The molecule has 0 saturated heterocycles. The zero-order valence-electron chi connectivity index (χ0n) is 6.12. The molecule has 0 aromatic heterocycles. The third-order valence-electron chi connectivity index (χ3n) is 1.94. The van der Waals surface area contributed by atoms with Crippen LogP contribution >= 0.6 is 0 Å². The first kappa shape index (κ1) is 5.82. The Morgan fingerprint density at radius 2 is 2.33 bits per heavy atom. The highest BCUT2D eigenvalue weighted by molar-refractivity contribution is 6.42. The lowest BCUT2D eigenvalue weighted by Crippen LogP contribution is -2.39. The molecule has 5 nitrogen and oxygen atoms in total. The van der Waals surface area contributed by atoms with Crippen molar-refractivity contribution >= 4 is 24.1 Å². The lowest BCUT2D eigenvalue weighted by Gasteiger charge is -2.23. The van der Waals surface area contributed by atoms with Crippen LogP contribution in [-0.2, 0) is 0 Å². The van der Waals surface area contributed by atoms with Gasteiger partial charge in [0.15, 0.2) is 11.9 Å². The van der Waals surface area contributed by atoms with Crippen LogP contribution in [0.4, 0.5) is 0 Å². The van der Waals surface area contributed by atoms with Crippen LogP contribution in [0.2, 0.25) is 0 Å². The van der Waals surface area contributed by atoms with Crippen molar-refractivity contribution in [2.75, 3.05) is 0 Å². The van der Waals surface area contributed by atoms with E-state index < -0.39 is 0 Å². The van der Waals surface area contributed by atoms with E-state index in [1.807, 2.05) is 6.20 Å². The summed E-state index contributed by atoms with van der Waals surface area (Å²) in [7, 11) is 0. The molecule has 0 fully saturated rings. The largest absolute Gasteiger partial charge is 0.254 e.